The quantitative estimate of drug-likeness (QED) is 0.656. The van der Waals surface area contributed by atoms with E-state index in [0.29, 0.717) is 17.5 Å². The Balaban J connectivity index is 0.00000180. The SMILES string of the molecule is C=CCSc1nnc(C(N)Cc2ccccc2)o1.Cl. The van der Waals surface area contributed by atoms with Crippen molar-refractivity contribution in [3.63, 3.8) is 0 Å². The highest BCUT2D eigenvalue weighted by Gasteiger charge is 2.14. The van der Waals surface area contributed by atoms with E-state index in [-0.39, 0.29) is 18.4 Å². The summed E-state index contributed by atoms with van der Waals surface area (Å²) in [6.45, 7) is 3.64. The van der Waals surface area contributed by atoms with Crippen molar-refractivity contribution in [2.45, 2.75) is 17.7 Å². The average Bonchev–Trinajstić information content (AvgIpc) is 2.86. The highest BCUT2D eigenvalue weighted by molar-refractivity contribution is 7.99. The molecule has 0 spiro atoms. The van der Waals surface area contributed by atoms with Crippen molar-refractivity contribution in [1.82, 2.24) is 10.2 Å². The Kier molecular flexibility index (Phi) is 6.62. The second-order valence-corrected chi connectivity index (χ2v) is 4.77. The van der Waals surface area contributed by atoms with Crippen LogP contribution in [0.3, 0.4) is 0 Å². The molecule has 0 aliphatic heterocycles. The highest BCUT2D eigenvalue weighted by atomic mass is 35.5. The monoisotopic (exact) mass is 297 g/mol. The van der Waals surface area contributed by atoms with E-state index in [2.05, 4.69) is 16.8 Å². The van der Waals surface area contributed by atoms with Gasteiger partial charge in [-0.1, -0.05) is 48.2 Å². The van der Waals surface area contributed by atoms with E-state index < -0.39 is 0 Å². The molecule has 0 fully saturated rings. The second kappa shape index (κ2) is 7.99. The van der Waals surface area contributed by atoms with Gasteiger partial charge >= 0.3 is 0 Å². The van der Waals surface area contributed by atoms with Crippen LogP contribution < -0.4 is 5.73 Å². The van der Waals surface area contributed by atoms with Crippen LogP contribution >= 0.6 is 24.2 Å². The molecule has 0 aliphatic carbocycles. The molecule has 2 aromatic rings. The van der Waals surface area contributed by atoms with Crippen molar-refractivity contribution < 1.29 is 4.42 Å². The summed E-state index contributed by atoms with van der Waals surface area (Å²) in [5.41, 5.74) is 7.20. The number of hydrogen-bond acceptors (Lipinski definition) is 5. The topological polar surface area (TPSA) is 64.9 Å². The van der Waals surface area contributed by atoms with Gasteiger partial charge in [-0.05, 0) is 12.0 Å². The van der Waals surface area contributed by atoms with Gasteiger partial charge in [0.25, 0.3) is 5.22 Å². The van der Waals surface area contributed by atoms with E-state index in [1.165, 1.54) is 11.8 Å². The number of nitrogens with two attached hydrogens (primary N) is 1. The fourth-order valence-electron chi connectivity index (χ4n) is 1.51. The molecule has 0 saturated carbocycles. The van der Waals surface area contributed by atoms with Crippen molar-refractivity contribution in [3.8, 4) is 0 Å². The fraction of sp³-hybridized carbons (Fsp3) is 0.231. The summed E-state index contributed by atoms with van der Waals surface area (Å²) in [6.07, 6.45) is 2.48. The van der Waals surface area contributed by atoms with Crippen LogP contribution in [0.15, 0.2) is 52.6 Å². The van der Waals surface area contributed by atoms with E-state index in [1.54, 1.807) is 6.08 Å². The van der Waals surface area contributed by atoms with Crippen LogP contribution in [0.25, 0.3) is 0 Å². The molecular weight excluding hydrogens is 282 g/mol. The number of nitrogens with zero attached hydrogens (tertiary/aromatic N) is 2. The van der Waals surface area contributed by atoms with Crippen LogP contribution in [-0.4, -0.2) is 16.0 Å². The van der Waals surface area contributed by atoms with Crippen molar-refractivity contribution in [2.24, 2.45) is 5.73 Å². The standard InChI is InChI=1S/C13H15N3OS.ClH/c1-2-8-18-13-16-15-12(17-13)11(14)9-10-6-4-3-5-7-10;/h2-7,11H,1,8-9,14H2;1H. The zero-order valence-electron chi connectivity index (χ0n) is 10.4. The number of aromatic nitrogens is 2. The maximum atomic E-state index is 6.04. The minimum Gasteiger partial charge on any atom is -0.414 e. The Morgan fingerprint density at radius 1 is 1.32 bits per heavy atom. The molecule has 1 aromatic carbocycles. The zero-order valence-corrected chi connectivity index (χ0v) is 12.0. The zero-order chi connectivity index (χ0) is 12.8. The van der Waals surface area contributed by atoms with Crippen LogP contribution in [0.1, 0.15) is 17.5 Å². The molecule has 0 bridgehead atoms. The number of thioether (sulfide) groups is 1. The molecule has 1 unspecified atom stereocenters. The second-order valence-electron chi connectivity index (χ2n) is 3.80. The maximum absolute atomic E-state index is 6.04. The van der Waals surface area contributed by atoms with E-state index >= 15 is 0 Å². The molecule has 4 nitrogen and oxygen atoms in total. The predicted octanol–water partition coefficient (Wildman–Crippen LogP) is 3.01. The first-order valence-corrected chi connectivity index (χ1v) is 6.64. The largest absolute Gasteiger partial charge is 0.414 e. The molecule has 1 aromatic heterocycles. The van der Waals surface area contributed by atoms with Crippen LogP contribution in [0, 0.1) is 0 Å². The van der Waals surface area contributed by atoms with Crippen LogP contribution in [0.2, 0.25) is 0 Å². The number of hydrogen-bond donors (Lipinski definition) is 1. The van der Waals surface area contributed by atoms with Gasteiger partial charge in [0.15, 0.2) is 0 Å². The lowest BCUT2D eigenvalue weighted by Gasteiger charge is -2.06. The van der Waals surface area contributed by atoms with Crippen LogP contribution in [0.4, 0.5) is 0 Å². The first-order chi connectivity index (χ1) is 8.79. The van der Waals surface area contributed by atoms with Crippen LogP contribution in [-0.2, 0) is 6.42 Å². The molecule has 0 amide bonds. The Morgan fingerprint density at radius 3 is 2.74 bits per heavy atom. The molecule has 0 aliphatic rings. The first-order valence-electron chi connectivity index (χ1n) is 5.66. The summed E-state index contributed by atoms with van der Waals surface area (Å²) in [6, 6.07) is 9.75. The molecule has 2 rings (SSSR count). The minimum atomic E-state index is -0.266. The molecule has 6 heteroatoms. The third kappa shape index (κ3) is 4.70. The molecule has 1 atom stereocenters. The van der Waals surface area contributed by atoms with E-state index in [0.717, 1.165) is 11.3 Å². The average molecular weight is 298 g/mol. The summed E-state index contributed by atoms with van der Waals surface area (Å²) in [5, 5.41) is 8.44. The smallest absolute Gasteiger partial charge is 0.276 e. The third-order valence-electron chi connectivity index (χ3n) is 2.36. The van der Waals surface area contributed by atoms with E-state index in [1.807, 2.05) is 30.3 Å². The molecule has 0 saturated heterocycles. The van der Waals surface area contributed by atoms with Gasteiger partial charge in [0.1, 0.15) is 0 Å². The van der Waals surface area contributed by atoms with Crippen molar-refractivity contribution >= 4 is 24.2 Å². The molecule has 2 N–H and O–H groups in total. The molecular formula is C13H16ClN3OS. The lowest BCUT2D eigenvalue weighted by atomic mass is 10.1. The summed E-state index contributed by atoms with van der Waals surface area (Å²) < 4.78 is 5.49. The first kappa shape index (κ1) is 15.8. The lowest BCUT2D eigenvalue weighted by Crippen LogP contribution is -2.13. The van der Waals surface area contributed by atoms with E-state index in [9.17, 15) is 0 Å². The minimum absolute atomic E-state index is 0. The Bertz CT molecular complexity index is 504. The van der Waals surface area contributed by atoms with Gasteiger partial charge in [-0.25, -0.2) is 0 Å². The lowest BCUT2D eigenvalue weighted by molar-refractivity contribution is 0.385. The van der Waals surface area contributed by atoms with Gasteiger partial charge in [-0.2, -0.15) is 0 Å². The molecule has 102 valence electrons. The van der Waals surface area contributed by atoms with Gasteiger partial charge in [0.05, 0.1) is 6.04 Å². The van der Waals surface area contributed by atoms with Crippen molar-refractivity contribution in [2.75, 3.05) is 5.75 Å². The van der Waals surface area contributed by atoms with Gasteiger partial charge < -0.3 is 10.2 Å². The van der Waals surface area contributed by atoms with Gasteiger partial charge in [0.2, 0.25) is 5.89 Å². The third-order valence-corrected chi connectivity index (χ3v) is 3.18. The van der Waals surface area contributed by atoms with Gasteiger partial charge in [-0.15, -0.1) is 29.2 Å². The fourth-order valence-corrected chi connectivity index (χ4v) is 2.02. The highest BCUT2D eigenvalue weighted by Crippen LogP contribution is 2.20. The Morgan fingerprint density at radius 2 is 2.05 bits per heavy atom. The van der Waals surface area contributed by atoms with Gasteiger partial charge in [-0.3, -0.25) is 0 Å². The summed E-state index contributed by atoms with van der Waals surface area (Å²) in [5.74, 6) is 1.22. The molecule has 0 radical (unpaired) electrons. The Hall–Kier alpha value is -1.30. The van der Waals surface area contributed by atoms with Crippen molar-refractivity contribution in [3.05, 3.63) is 54.4 Å². The van der Waals surface area contributed by atoms with E-state index in [4.69, 9.17) is 10.2 Å². The normalized spacial score (nSPS) is 11.6. The van der Waals surface area contributed by atoms with Crippen molar-refractivity contribution in [1.29, 1.82) is 0 Å². The summed E-state index contributed by atoms with van der Waals surface area (Å²) >= 11 is 1.45. The van der Waals surface area contributed by atoms with Crippen LogP contribution in [0.5, 0.6) is 0 Å². The maximum Gasteiger partial charge on any atom is 0.276 e. The predicted molar refractivity (Wildman–Crippen MR) is 79.5 cm³/mol. The molecule has 19 heavy (non-hydrogen) atoms. The Labute approximate surface area is 122 Å². The number of halogens is 1. The van der Waals surface area contributed by atoms with Gasteiger partial charge in [0, 0.05) is 5.75 Å². The molecule has 1 heterocycles. The number of benzene rings is 1. The summed E-state index contributed by atoms with van der Waals surface area (Å²) in [4.78, 5) is 0. The summed E-state index contributed by atoms with van der Waals surface area (Å²) in [7, 11) is 0. The number of rotatable bonds is 6.